The number of aliphatic carboxylic acids is 1. The molecular weight excluding hydrogens is 763 g/mol. The van der Waals surface area contributed by atoms with Gasteiger partial charge >= 0.3 is 11.9 Å². The molecule has 344 valence electrons. The lowest BCUT2D eigenvalue weighted by Crippen LogP contribution is -2.55. The highest BCUT2D eigenvalue weighted by Crippen LogP contribution is 2.12. The molecular formula is C53H85NO7. The second kappa shape index (κ2) is 42.7. The molecule has 0 bridgehead atoms. The van der Waals surface area contributed by atoms with Gasteiger partial charge in [-0.3, -0.25) is 9.59 Å². The van der Waals surface area contributed by atoms with Crippen molar-refractivity contribution in [2.45, 2.75) is 167 Å². The van der Waals surface area contributed by atoms with E-state index >= 15 is 0 Å². The van der Waals surface area contributed by atoms with Gasteiger partial charge in [-0.15, -0.1) is 0 Å². The van der Waals surface area contributed by atoms with Crippen molar-refractivity contribution in [3.05, 3.63) is 109 Å². The Morgan fingerprint density at radius 2 is 0.869 bits per heavy atom. The molecule has 8 heteroatoms. The molecule has 61 heavy (non-hydrogen) atoms. The van der Waals surface area contributed by atoms with Crippen LogP contribution < -0.4 is 5.11 Å². The highest BCUT2D eigenvalue weighted by molar-refractivity contribution is 5.70. The first-order valence-electron chi connectivity index (χ1n) is 23.4. The van der Waals surface area contributed by atoms with E-state index in [4.69, 9.17) is 14.2 Å². The summed E-state index contributed by atoms with van der Waals surface area (Å²) in [5.41, 5.74) is 0. The minimum absolute atomic E-state index is 0.0109. The maximum absolute atomic E-state index is 12.7. The summed E-state index contributed by atoms with van der Waals surface area (Å²) in [5, 5.41) is 11.6. The Bertz CT molecular complexity index is 1360. The molecule has 0 spiro atoms. The number of carboxylic acid groups (broad SMARTS) is 1. The fourth-order valence-electron chi connectivity index (χ4n) is 6.09. The van der Waals surface area contributed by atoms with E-state index in [-0.39, 0.29) is 49.1 Å². The van der Waals surface area contributed by atoms with Crippen molar-refractivity contribution in [3.63, 3.8) is 0 Å². The summed E-state index contributed by atoms with van der Waals surface area (Å²) in [6.07, 6.45) is 58.3. The van der Waals surface area contributed by atoms with E-state index in [1.807, 2.05) is 0 Å². The van der Waals surface area contributed by atoms with E-state index in [1.54, 1.807) is 21.1 Å². The largest absolute Gasteiger partial charge is 0.544 e. The molecule has 0 saturated carbocycles. The van der Waals surface area contributed by atoms with E-state index in [0.29, 0.717) is 12.8 Å². The average molecular weight is 848 g/mol. The number of carbonyl (C=O) groups excluding carboxylic acids is 3. The van der Waals surface area contributed by atoms with Crippen LogP contribution in [0.1, 0.15) is 155 Å². The van der Waals surface area contributed by atoms with E-state index in [1.165, 1.54) is 12.8 Å². The first-order chi connectivity index (χ1) is 29.6. The number of carboxylic acids is 1. The molecule has 8 nitrogen and oxygen atoms in total. The van der Waals surface area contributed by atoms with Crippen LogP contribution in [0.4, 0.5) is 0 Å². The molecule has 0 saturated heterocycles. The van der Waals surface area contributed by atoms with Crippen LogP contribution in [0.3, 0.4) is 0 Å². The third-order valence-electron chi connectivity index (χ3n) is 9.65. The molecule has 0 fully saturated rings. The number of esters is 2. The number of allylic oxidation sites excluding steroid dienone is 18. The quantitative estimate of drug-likeness (QED) is 0.0262. The third-order valence-corrected chi connectivity index (χ3v) is 9.65. The normalized spacial score (nSPS) is 13.9. The zero-order valence-corrected chi connectivity index (χ0v) is 39.0. The molecule has 2 unspecified atom stereocenters. The van der Waals surface area contributed by atoms with Gasteiger partial charge in [-0.25, -0.2) is 0 Å². The number of likely N-dealkylation sites (N-methyl/N-ethyl adjacent to an activating group) is 1. The Hall–Kier alpha value is -4.01. The predicted octanol–water partition coefficient (Wildman–Crippen LogP) is 11.9. The van der Waals surface area contributed by atoms with E-state index in [2.05, 4.69) is 123 Å². The molecule has 0 N–H and O–H groups in total. The Morgan fingerprint density at radius 1 is 0.492 bits per heavy atom. The van der Waals surface area contributed by atoms with E-state index < -0.39 is 18.1 Å². The molecule has 0 aromatic heterocycles. The van der Waals surface area contributed by atoms with Crippen LogP contribution in [-0.4, -0.2) is 75.5 Å². The maximum atomic E-state index is 12.7. The lowest BCUT2D eigenvalue weighted by atomic mass is 10.1. The van der Waals surface area contributed by atoms with Crippen molar-refractivity contribution in [2.24, 2.45) is 0 Å². The van der Waals surface area contributed by atoms with Crippen LogP contribution in [-0.2, 0) is 28.6 Å². The summed E-state index contributed by atoms with van der Waals surface area (Å²) < 4.78 is 17.1. The zero-order chi connectivity index (χ0) is 44.9. The molecule has 0 rings (SSSR count). The van der Waals surface area contributed by atoms with Crippen molar-refractivity contribution >= 4 is 17.9 Å². The van der Waals surface area contributed by atoms with Crippen molar-refractivity contribution < 1.29 is 38.2 Å². The van der Waals surface area contributed by atoms with Crippen LogP contribution in [0.2, 0.25) is 0 Å². The summed E-state index contributed by atoms with van der Waals surface area (Å²) in [7, 11) is 5.38. The summed E-state index contributed by atoms with van der Waals surface area (Å²) in [5.74, 6) is -1.83. The van der Waals surface area contributed by atoms with Crippen LogP contribution >= 0.6 is 0 Å². The van der Waals surface area contributed by atoms with Crippen molar-refractivity contribution in [1.82, 2.24) is 0 Å². The summed E-state index contributed by atoms with van der Waals surface area (Å²) >= 11 is 0. The first kappa shape index (κ1) is 57.0. The zero-order valence-electron chi connectivity index (χ0n) is 39.0. The van der Waals surface area contributed by atoms with Crippen molar-refractivity contribution in [3.8, 4) is 0 Å². The molecule has 0 aromatic carbocycles. The standard InChI is InChI=1S/C53H85NO7/c1-6-8-10-12-14-16-18-20-22-24-25-26-27-28-30-32-34-36-38-40-42-44-52(56)61-49(47-59-46-45-50(53(57)58)54(3,4)5)48-60-51(55)43-41-39-37-35-33-31-29-23-21-19-17-15-13-11-9-7-2/h8-11,14-17,20-23,25-26,28,30,34,36,49-50H,6-7,12-13,18-19,24,27,29,31-33,35,37-48H2,1-5H3/b10-8+,11-9+,16-14+,17-15+,22-20+,23-21+,26-25+,30-28+,36-34+. The Labute approximate surface area is 372 Å². The fourth-order valence-corrected chi connectivity index (χ4v) is 6.09. The topological polar surface area (TPSA) is 102 Å². The predicted molar refractivity (Wildman–Crippen MR) is 254 cm³/mol. The van der Waals surface area contributed by atoms with Gasteiger partial charge in [0.1, 0.15) is 12.6 Å². The van der Waals surface area contributed by atoms with Gasteiger partial charge in [-0.05, 0) is 96.3 Å². The van der Waals surface area contributed by atoms with Gasteiger partial charge in [-0.2, -0.15) is 0 Å². The van der Waals surface area contributed by atoms with Gasteiger partial charge in [0, 0.05) is 19.3 Å². The number of carbonyl (C=O) groups is 3. The number of hydrogen-bond acceptors (Lipinski definition) is 7. The second-order valence-corrected chi connectivity index (χ2v) is 16.2. The van der Waals surface area contributed by atoms with Gasteiger partial charge in [0.25, 0.3) is 0 Å². The Balaban J connectivity index is 4.45. The lowest BCUT2D eigenvalue weighted by Gasteiger charge is -2.34. The molecule has 0 radical (unpaired) electrons. The second-order valence-electron chi connectivity index (χ2n) is 16.2. The SMILES string of the molecule is CC/C=C/C/C=C/C/C=C/C/C=C/C/C=C/C/C=C/CCCCC(=O)OC(COCCC(C(=O)[O-])[N+](C)(C)C)COC(=O)CCCCCCCC/C=C/C/C=C/C/C=C/CC. The average Bonchev–Trinajstić information content (AvgIpc) is 3.22. The van der Waals surface area contributed by atoms with Crippen LogP contribution in [0, 0.1) is 0 Å². The molecule has 2 atom stereocenters. The van der Waals surface area contributed by atoms with Gasteiger partial charge in [-0.1, -0.05) is 149 Å². The number of nitrogens with zero attached hydrogens (tertiary/aromatic N) is 1. The Morgan fingerprint density at radius 3 is 1.31 bits per heavy atom. The molecule has 0 aliphatic rings. The van der Waals surface area contributed by atoms with Gasteiger partial charge in [0.15, 0.2) is 6.10 Å². The van der Waals surface area contributed by atoms with Crippen LogP contribution in [0.5, 0.6) is 0 Å². The molecule has 0 amide bonds. The Kier molecular flexibility index (Phi) is 39.9. The number of rotatable bonds is 40. The summed E-state index contributed by atoms with van der Waals surface area (Å²) in [4.78, 5) is 36.9. The van der Waals surface area contributed by atoms with Crippen LogP contribution in [0.25, 0.3) is 0 Å². The van der Waals surface area contributed by atoms with Crippen molar-refractivity contribution in [1.29, 1.82) is 0 Å². The minimum Gasteiger partial charge on any atom is -0.544 e. The number of hydrogen-bond donors (Lipinski definition) is 0. The van der Waals surface area contributed by atoms with E-state index in [9.17, 15) is 19.5 Å². The maximum Gasteiger partial charge on any atom is 0.306 e. The number of unbranched alkanes of at least 4 members (excludes halogenated alkanes) is 8. The molecule has 0 aliphatic carbocycles. The van der Waals surface area contributed by atoms with Gasteiger partial charge in [0.05, 0.1) is 40.3 Å². The fraction of sp³-hybridized carbons (Fsp3) is 0.604. The van der Waals surface area contributed by atoms with E-state index in [0.717, 1.165) is 103 Å². The lowest BCUT2D eigenvalue weighted by molar-refractivity contribution is -0.889. The molecule has 0 aromatic rings. The summed E-state index contributed by atoms with van der Waals surface area (Å²) in [6.45, 7) is 4.35. The molecule has 0 heterocycles. The number of quaternary nitrogens is 1. The highest BCUT2D eigenvalue weighted by atomic mass is 16.6. The molecule has 0 aliphatic heterocycles. The van der Waals surface area contributed by atoms with Gasteiger partial charge < -0.3 is 28.6 Å². The van der Waals surface area contributed by atoms with Gasteiger partial charge in [0.2, 0.25) is 0 Å². The minimum atomic E-state index is -1.14. The number of ether oxygens (including phenoxy) is 3. The van der Waals surface area contributed by atoms with Crippen LogP contribution in [0.15, 0.2) is 109 Å². The first-order valence-corrected chi connectivity index (χ1v) is 23.4. The summed E-state index contributed by atoms with van der Waals surface area (Å²) in [6, 6.07) is -0.743. The monoisotopic (exact) mass is 848 g/mol. The van der Waals surface area contributed by atoms with Crippen molar-refractivity contribution in [2.75, 3.05) is 41.0 Å². The smallest absolute Gasteiger partial charge is 0.306 e. The highest BCUT2D eigenvalue weighted by Gasteiger charge is 2.25. The third kappa shape index (κ3) is 41.1.